The minimum atomic E-state index is -0.181. The van der Waals surface area contributed by atoms with Crippen molar-refractivity contribution in [2.24, 2.45) is 4.99 Å². The Bertz CT molecular complexity index is 524. The van der Waals surface area contributed by atoms with E-state index in [1.54, 1.807) is 6.07 Å². The van der Waals surface area contributed by atoms with E-state index < -0.39 is 0 Å². The average molecular weight is 322 g/mol. The summed E-state index contributed by atoms with van der Waals surface area (Å²) < 4.78 is 13.1. The largest absolute Gasteiger partial charge is 0.357 e. The molecule has 0 aliphatic heterocycles. The molecule has 4 nitrogen and oxygen atoms in total. The summed E-state index contributed by atoms with van der Waals surface area (Å²) in [5.74, 6) is 0.641. The van der Waals surface area contributed by atoms with Crippen molar-refractivity contribution in [3.63, 3.8) is 0 Å². The van der Waals surface area contributed by atoms with Crippen molar-refractivity contribution >= 4 is 5.96 Å². The molecule has 0 aliphatic carbocycles. The van der Waals surface area contributed by atoms with Gasteiger partial charge in [-0.3, -0.25) is 4.99 Å². The van der Waals surface area contributed by atoms with E-state index in [2.05, 4.69) is 55.4 Å². The van der Waals surface area contributed by atoms with Gasteiger partial charge < -0.3 is 15.5 Å². The molecule has 130 valence electrons. The van der Waals surface area contributed by atoms with Crippen LogP contribution in [-0.2, 0) is 6.42 Å². The summed E-state index contributed by atoms with van der Waals surface area (Å²) in [6.07, 6.45) is 0.841. The van der Waals surface area contributed by atoms with Gasteiger partial charge in [0.15, 0.2) is 5.96 Å². The van der Waals surface area contributed by atoms with E-state index in [0.29, 0.717) is 6.54 Å². The maximum atomic E-state index is 13.1. The zero-order valence-electron chi connectivity index (χ0n) is 15.3. The van der Waals surface area contributed by atoms with Crippen LogP contribution in [0.5, 0.6) is 0 Å². The van der Waals surface area contributed by atoms with Crippen LogP contribution in [0, 0.1) is 12.7 Å². The number of hydrogen-bond acceptors (Lipinski definition) is 2. The number of aryl methyl sites for hydroxylation is 1. The fraction of sp³-hybridized carbons (Fsp3) is 0.611. The molecule has 1 rings (SSSR count). The molecule has 0 heterocycles. The first-order valence-corrected chi connectivity index (χ1v) is 8.21. The lowest BCUT2D eigenvalue weighted by Crippen LogP contribution is -2.44. The quantitative estimate of drug-likeness (QED) is 0.599. The maximum Gasteiger partial charge on any atom is 0.191 e. The number of nitrogens with zero attached hydrogens (tertiary/aromatic N) is 2. The van der Waals surface area contributed by atoms with Crippen LogP contribution in [0.4, 0.5) is 4.39 Å². The van der Waals surface area contributed by atoms with Crippen LogP contribution in [0.15, 0.2) is 23.2 Å². The third kappa shape index (κ3) is 6.57. The molecule has 1 aromatic carbocycles. The van der Waals surface area contributed by atoms with Crippen LogP contribution in [0.1, 0.15) is 31.9 Å². The van der Waals surface area contributed by atoms with E-state index in [9.17, 15) is 4.39 Å². The second kappa shape index (κ2) is 8.87. The second-order valence-electron chi connectivity index (χ2n) is 6.65. The van der Waals surface area contributed by atoms with Crippen LogP contribution >= 0.6 is 0 Å². The maximum absolute atomic E-state index is 13.1. The molecule has 5 heteroatoms. The van der Waals surface area contributed by atoms with E-state index in [1.165, 1.54) is 6.07 Å². The highest BCUT2D eigenvalue weighted by atomic mass is 19.1. The van der Waals surface area contributed by atoms with Gasteiger partial charge in [0.25, 0.3) is 0 Å². The van der Waals surface area contributed by atoms with Crippen LogP contribution in [0.2, 0.25) is 0 Å². The second-order valence-corrected chi connectivity index (χ2v) is 6.65. The summed E-state index contributed by atoms with van der Waals surface area (Å²) in [7, 11) is 4.13. The van der Waals surface area contributed by atoms with Gasteiger partial charge in [-0.2, -0.15) is 0 Å². The van der Waals surface area contributed by atoms with E-state index in [-0.39, 0.29) is 11.4 Å². The lowest BCUT2D eigenvalue weighted by molar-refractivity contribution is 0.204. The van der Waals surface area contributed by atoms with E-state index >= 15 is 0 Å². The van der Waals surface area contributed by atoms with Gasteiger partial charge >= 0.3 is 0 Å². The van der Waals surface area contributed by atoms with Gasteiger partial charge in [-0.1, -0.05) is 6.07 Å². The normalized spacial score (nSPS) is 12.6. The molecule has 0 bridgehead atoms. The predicted octanol–water partition coefficient (Wildman–Crippen LogP) is 2.57. The molecule has 0 aliphatic rings. The highest BCUT2D eigenvalue weighted by Gasteiger charge is 2.19. The van der Waals surface area contributed by atoms with Crippen molar-refractivity contribution in [2.45, 2.75) is 39.7 Å². The number of guanidine groups is 1. The molecule has 0 radical (unpaired) electrons. The molecule has 0 unspecified atom stereocenters. The first-order chi connectivity index (χ1) is 10.8. The fourth-order valence-corrected chi connectivity index (χ4v) is 2.01. The minimum Gasteiger partial charge on any atom is -0.357 e. The first kappa shape index (κ1) is 19.4. The van der Waals surface area contributed by atoms with Crippen molar-refractivity contribution in [1.29, 1.82) is 0 Å². The Kier molecular flexibility index (Phi) is 7.49. The molecular formula is C18H31FN4. The van der Waals surface area contributed by atoms with Crippen molar-refractivity contribution in [3.8, 4) is 0 Å². The van der Waals surface area contributed by atoms with Crippen molar-refractivity contribution < 1.29 is 4.39 Å². The number of likely N-dealkylation sites (N-methyl/N-ethyl adjacent to an activating group) is 1. The zero-order valence-corrected chi connectivity index (χ0v) is 15.3. The fourth-order valence-electron chi connectivity index (χ4n) is 2.01. The Balaban J connectivity index is 2.59. The van der Waals surface area contributed by atoms with Crippen molar-refractivity contribution in [2.75, 3.05) is 33.7 Å². The van der Waals surface area contributed by atoms with Crippen LogP contribution in [0.3, 0.4) is 0 Å². The summed E-state index contributed by atoms with van der Waals surface area (Å²) in [5.41, 5.74) is 2.15. The number of hydrogen-bond donors (Lipinski definition) is 2. The molecule has 0 fully saturated rings. The van der Waals surface area contributed by atoms with Gasteiger partial charge in [0, 0.05) is 18.6 Å². The van der Waals surface area contributed by atoms with Gasteiger partial charge in [-0.25, -0.2) is 4.39 Å². The monoisotopic (exact) mass is 322 g/mol. The van der Waals surface area contributed by atoms with Gasteiger partial charge in [-0.15, -0.1) is 0 Å². The molecule has 0 saturated heterocycles. The van der Waals surface area contributed by atoms with Crippen molar-refractivity contribution in [3.05, 3.63) is 35.1 Å². The third-order valence-electron chi connectivity index (χ3n) is 4.17. The topological polar surface area (TPSA) is 39.7 Å². The van der Waals surface area contributed by atoms with Gasteiger partial charge in [0.05, 0.1) is 6.54 Å². The SMILES string of the molecule is CCNC(=NCC(C)(C)N(C)C)NCCc1ccc(F)cc1C. The summed E-state index contributed by atoms with van der Waals surface area (Å²) in [6.45, 7) is 10.6. The number of aliphatic imine (C=N–C) groups is 1. The summed E-state index contributed by atoms with van der Waals surface area (Å²) in [5, 5.41) is 6.61. The molecule has 0 saturated carbocycles. The number of nitrogens with one attached hydrogen (secondary N) is 2. The predicted molar refractivity (Wildman–Crippen MR) is 96.6 cm³/mol. The summed E-state index contributed by atoms with van der Waals surface area (Å²) in [4.78, 5) is 6.84. The Morgan fingerprint density at radius 3 is 2.52 bits per heavy atom. The lowest BCUT2D eigenvalue weighted by Gasteiger charge is -2.31. The molecule has 23 heavy (non-hydrogen) atoms. The van der Waals surface area contributed by atoms with E-state index in [1.807, 2.05) is 13.0 Å². The molecule has 0 aromatic heterocycles. The lowest BCUT2D eigenvalue weighted by atomic mass is 10.1. The molecule has 0 spiro atoms. The average Bonchev–Trinajstić information content (AvgIpc) is 2.46. The van der Waals surface area contributed by atoms with Gasteiger partial charge in [0.2, 0.25) is 0 Å². The third-order valence-corrected chi connectivity index (χ3v) is 4.17. The Morgan fingerprint density at radius 1 is 1.26 bits per heavy atom. The number of halogens is 1. The number of benzene rings is 1. The van der Waals surface area contributed by atoms with Crippen LogP contribution in [-0.4, -0.2) is 50.1 Å². The zero-order chi connectivity index (χ0) is 17.5. The van der Waals surface area contributed by atoms with E-state index in [4.69, 9.17) is 0 Å². The highest BCUT2D eigenvalue weighted by molar-refractivity contribution is 5.79. The molecule has 0 amide bonds. The molecule has 0 atom stereocenters. The summed E-state index contributed by atoms with van der Waals surface area (Å²) >= 11 is 0. The van der Waals surface area contributed by atoms with Gasteiger partial charge in [0.1, 0.15) is 5.82 Å². The Hall–Kier alpha value is -1.62. The van der Waals surface area contributed by atoms with Crippen LogP contribution < -0.4 is 10.6 Å². The Labute approximate surface area is 140 Å². The standard InChI is InChI=1S/C18H31FN4/c1-7-20-17(22-13-18(3,4)23(5)6)21-11-10-15-8-9-16(19)12-14(15)2/h8-9,12H,7,10-11,13H2,1-6H3,(H2,20,21,22). The highest BCUT2D eigenvalue weighted by Crippen LogP contribution is 2.11. The van der Waals surface area contributed by atoms with Crippen LogP contribution in [0.25, 0.3) is 0 Å². The van der Waals surface area contributed by atoms with Crippen molar-refractivity contribution in [1.82, 2.24) is 15.5 Å². The first-order valence-electron chi connectivity index (χ1n) is 8.21. The van der Waals surface area contributed by atoms with Gasteiger partial charge in [-0.05, 0) is 71.5 Å². The minimum absolute atomic E-state index is 0.00982. The molecule has 2 N–H and O–H groups in total. The smallest absolute Gasteiger partial charge is 0.191 e. The Morgan fingerprint density at radius 2 is 1.96 bits per heavy atom. The number of rotatable bonds is 7. The molecule has 1 aromatic rings. The molecular weight excluding hydrogens is 291 g/mol. The van der Waals surface area contributed by atoms with E-state index in [0.717, 1.165) is 36.6 Å². The summed E-state index contributed by atoms with van der Waals surface area (Å²) in [6, 6.07) is 4.95.